The number of carbonyl (C=O) groups excluding carboxylic acids is 1. The van der Waals surface area contributed by atoms with Crippen LogP contribution in [0.5, 0.6) is 11.5 Å². The molecule has 0 bridgehead atoms. The normalized spacial score (nSPS) is 11.1. The molecule has 2 aromatic heterocycles. The summed E-state index contributed by atoms with van der Waals surface area (Å²) in [5.41, 5.74) is 6.76. The number of benzene rings is 3. The van der Waals surface area contributed by atoms with Gasteiger partial charge in [-0.2, -0.15) is 5.10 Å². The third-order valence-corrected chi connectivity index (χ3v) is 7.84. The van der Waals surface area contributed by atoms with Crippen LogP contribution in [0.4, 0.5) is 5.69 Å². The zero-order valence-electron chi connectivity index (χ0n) is 23.6. The maximum Gasteiger partial charge on any atom is 0.307 e. The largest absolute Gasteiger partial charge is 0.488 e. The molecule has 0 saturated heterocycles. The van der Waals surface area contributed by atoms with Crippen LogP contribution in [0.2, 0.25) is 0 Å². The number of rotatable bonds is 11. The Hall–Kier alpha value is -4.68. The number of nitro benzene ring substituents is 1. The first-order valence-corrected chi connectivity index (χ1v) is 14.9. The number of hydrazone groups is 1. The molecule has 0 aliphatic heterocycles. The molecular formula is C32H26Br2N4O6. The van der Waals surface area contributed by atoms with Crippen molar-refractivity contribution in [3.8, 4) is 17.2 Å². The van der Waals surface area contributed by atoms with E-state index in [1.165, 1.54) is 30.5 Å². The highest BCUT2D eigenvalue weighted by Gasteiger charge is 2.14. The van der Waals surface area contributed by atoms with Crippen molar-refractivity contribution in [3.05, 3.63) is 138 Å². The van der Waals surface area contributed by atoms with E-state index in [0.717, 1.165) is 31.6 Å². The highest BCUT2D eigenvalue weighted by atomic mass is 79.9. The van der Waals surface area contributed by atoms with E-state index in [4.69, 9.17) is 13.9 Å². The van der Waals surface area contributed by atoms with Crippen molar-refractivity contribution < 1.29 is 23.6 Å². The minimum absolute atomic E-state index is 0.0326. The third-order valence-electron chi connectivity index (χ3n) is 6.60. The molecule has 5 rings (SSSR count). The van der Waals surface area contributed by atoms with Crippen LogP contribution in [-0.4, -0.2) is 21.6 Å². The minimum atomic E-state index is -0.596. The van der Waals surface area contributed by atoms with Crippen molar-refractivity contribution >= 4 is 49.7 Å². The number of halogens is 2. The van der Waals surface area contributed by atoms with Gasteiger partial charge in [0.1, 0.15) is 30.5 Å². The lowest BCUT2D eigenvalue weighted by Gasteiger charge is -2.11. The number of amides is 1. The standard InChI is InChI=1S/C32H26Br2N4O6/c1-20-3-4-21(2)37(20)25-7-10-27(11-8-25)42-19-28-12-14-31(44-28)32(39)36-35-17-23-15-26(38(40)41)9-13-30(23)43-18-22-5-6-24(33)16-29(22)34/h3-17H,18-19H2,1-2H3,(H,36,39)/b35-17+. The second kappa shape index (κ2) is 13.7. The Balaban J connectivity index is 1.19. The van der Waals surface area contributed by atoms with Crippen LogP contribution in [-0.2, 0) is 13.2 Å². The lowest BCUT2D eigenvalue weighted by molar-refractivity contribution is -0.384. The van der Waals surface area contributed by atoms with Gasteiger partial charge in [-0.25, -0.2) is 5.43 Å². The maximum absolute atomic E-state index is 12.7. The number of hydrogen-bond acceptors (Lipinski definition) is 7. The van der Waals surface area contributed by atoms with E-state index in [0.29, 0.717) is 22.8 Å². The monoisotopic (exact) mass is 720 g/mol. The van der Waals surface area contributed by atoms with Gasteiger partial charge in [0.2, 0.25) is 0 Å². The number of nitrogens with one attached hydrogen (secondary N) is 1. The number of carbonyl (C=O) groups is 1. The van der Waals surface area contributed by atoms with E-state index < -0.39 is 10.8 Å². The number of nitrogens with zero attached hydrogens (tertiary/aromatic N) is 3. The second-order valence-electron chi connectivity index (χ2n) is 9.70. The fourth-order valence-electron chi connectivity index (χ4n) is 4.39. The fourth-order valence-corrected chi connectivity index (χ4v) is 5.55. The second-order valence-corrected chi connectivity index (χ2v) is 11.5. The first-order chi connectivity index (χ1) is 21.2. The van der Waals surface area contributed by atoms with Gasteiger partial charge in [-0.3, -0.25) is 14.9 Å². The van der Waals surface area contributed by atoms with E-state index in [2.05, 4.69) is 72.9 Å². The molecule has 0 atom stereocenters. The van der Waals surface area contributed by atoms with E-state index in [1.807, 2.05) is 42.5 Å². The molecule has 0 unspecified atom stereocenters. The van der Waals surface area contributed by atoms with Crippen molar-refractivity contribution in [1.82, 2.24) is 9.99 Å². The molecule has 0 fully saturated rings. The quantitative estimate of drug-likeness (QED) is 0.0837. The molecule has 12 heteroatoms. The average molecular weight is 722 g/mol. The lowest BCUT2D eigenvalue weighted by Crippen LogP contribution is -2.17. The molecule has 3 aromatic carbocycles. The van der Waals surface area contributed by atoms with Gasteiger partial charge in [-0.1, -0.05) is 37.9 Å². The highest BCUT2D eigenvalue weighted by Crippen LogP contribution is 2.27. The predicted octanol–water partition coefficient (Wildman–Crippen LogP) is 8.04. The van der Waals surface area contributed by atoms with E-state index in [-0.39, 0.29) is 24.7 Å². The van der Waals surface area contributed by atoms with Crippen LogP contribution in [0.1, 0.15) is 38.8 Å². The molecule has 44 heavy (non-hydrogen) atoms. The summed E-state index contributed by atoms with van der Waals surface area (Å²) in [5, 5.41) is 15.3. The molecule has 2 heterocycles. The summed E-state index contributed by atoms with van der Waals surface area (Å²) in [7, 11) is 0. The van der Waals surface area contributed by atoms with E-state index in [9.17, 15) is 14.9 Å². The summed E-state index contributed by atoms with van der Waals surface area (Å²) in [6, 6.07) is 24.8. The first-order valence-electron chi connectivity index (χ1n) is 13.3. The predicted molar refractivity (Wildman–Crippen MR) is 173 cm³/mol. The molecule has 1 N–H and O–H groups in total. The van der Waals surface area contributed by atoms with Gasteiger partial charge >= 0.3 is 5.91 Å². The van der Waals surface area contributed by atoms with Gasteiger partial charge in [0.25, 0.3) is 5.69 Å². The molecule has 0 aliphatic carbocycles. The van der Waals surface area contributed by atoms with Gasteiger partial charge in [-0.15, -0.1) is 0 Å². The van der Waals surface area contributed by atoms with Crippen molar-refractivity contribution in [1.29, 1.82) is 0 Å². The number of hydrogen-bond donors (Lipinski definition) is 1. The van der Waals surface area contributed by atoms with E-state index in [1.54, 1.807) is 6.07 Å². The minimum Gasteiger partial charge on any atom is -0.488 e. The number of furan rings is 1. The highest BCUT2D eigenvalue weighted by molar-refractivity contribution is 9.11. The Bertz CT molecular complexity index is 1830. The van der Waals surface area contributed by atoms with Crippen molar-refractivity contribution in [2.75, 3.05) is 0 Å². The molecular weight excluding hydrogens is 696 g/mol. The Morgan fingerprint density at radius 3 is 2.41 bits per heavy atom. The molecule has 0 spiro atoms. The fraction of sp³-hybridized carbons (Fsp3) is 0.125. The van der Waals surface area contributed by atoms with Crippen molar-refractivity contribution in [2.45, 2.75) is 27.1 Å². The van der Waals surface area contributed by atoms with Gasteiger partial charge in [0.05, 0.1) is 11.1 Å². The summed E-state index contributed by atoms with van der Waals surface area (Å²) in [6.45, 7) is 4.43. The molecule has 5 aromatic rings. The number of non-ortho nitro benzene ring substituents is 1. The van der Waals surface area contributed by atoms with Gasteiger partial charge in [0, 0.05) is 49.3 Å². The smallest absolute Gasteiger partial charge is 0.307 e. The summed E-state index contributed by atoms with van der Waals surface area (Å²) in [6.07, 6.45) is 1.28. The maximum atomic E-state index is 12.7. The number of aromatic nitrogens is 1. The molecule has 224 valence electrons. The molecule has 0 radical (unpaired) electrons. The Morgan fingerprint density at radius 2 is 1.70 bits per heavy atom. The number of aryl methyl sites for hydroxylation is 2. The zero-order valence-corrected chi connectivity index (χ0v) is 26.8. The third kappa shape index (κ3) is 7.44. The van der Waals surface area contributed by atoms with E-state index >= 15 is 0 Å². The SMILES string of the molecule is Cc1ccc(C)n1-c1ccc(OCc2ccc(C(=O)N/N=C/c3cc([N+](=O)[O-])ccc3OCc3ccc(Br)cc3Br)o2)cc1. The summed E-state index contributed by atoms with van der Waals surface area (Å²) >= 11 is 6.91. The van der Waals surface area contributed by atoms with Crippen LogP contribution in [0.15, 0.2) is 103 Å². The summed E-state index contributed by atoms with van der Waals surface area (Å²) in [5.74, 6) is 0.901. The van der Waals surface area contributed by atoms with Crippen LogP contribution in [0.25, 0.3) is 5.69 Å². The first kappa shape index (κ1) is 30.8. The van der Waals surface area contributed by atoms with Gasteiger partial charge < -0.3 is 18.5 Å². The molecule has 10 nitrogen and oxygen atoms in total. The average Bonchev–Trinajstić information content (AvgIpc) is 3.62. The molecule has 0 aliphatic rings. The Morgan fingerprint density at radius 1 is 0.955 bits per heavy atom. The number of ether oxygens (including phenoxy) is 2. The number of nitro groups is 1. The van der Waals surface area contributed by atoms with Crippen LogP contribution >= 0.6 is 31.9 Å². The topological polar surface area (TPSA) is 121 Å². The lowest BCUT2D eigenvalue weighted by atomic mass is 10.2. The van der Waals surface area contributed by atoms with Crippen LogP contribution < -0.4 is 14.9 Å². The Labute approximate surface area is 269 Å². The molecule has 0 saturated carbocycles. The summed E-state index contributed by atoms with van der Waals surface area (Å²) < 4.78 is 21.3. The Kier molecular flexibility index (Phi) is 9.61. The van der Waals surface area contributed by atoms with Crippen LogP contribution in [0, 0.1) is 24.0 Å². The van der Waals surface area contributed by atoms with Crippen molar-refractivity contribution in [2.24, 2.45) is 5.10 Å². The van der Waals surface area contributed by atoms with Crippen molar-refractivity contribution in [3.63, 3.8) is 0 Å². The van der Waals surface area contributed by atoms with Gasteiger partial charge in [-0.05, 0) is 80.6 Å². The van der Waals surface area contributed by atoms with Crippen LogP contribution in [0.3, 0.4) is 0 Å². The summed E-state index contributed by atoms with van der Waals surface area (Å²) in [4.78, 5) is 23.5. The zero-order chi connectivity index (χ0) is 31.2. The molecule has 1 amide bonds. The van der Waals surface area contributed by atoms with Gasteiger partial charge in [0.15, 0.2) is 5.76 Å².